The van der Waals surface area contributed by atoms with Crippen molar-refractivity contribution in [2.75, 3.05) is 50.5 Å². The molecule has 2 N–H and O–H groups in total. The van der Waals surface area contributed by atoms with Crippen LogP contribution in [0.4, 0.5) is 0 Å². The summed E-state index contributed by atoms with van der Waals surface area (Å²) in [6, 6.07) is 0. The van der Waals surface area contributed by atoms with E-state index in [1.165, 1.54) is 0 Å². The molecule has 2 aliphatic rings. The molecule has 0 aromatic heterocycles. The number of nitrogens with two attached hydrogens (primary N) is 1. The number of likely N-dealkylation sites (tertiary alicyclic amines) is 1. The molecule has 0 aromatic rings. The number of hydrogen-bond donors (Lipinski definition) is 1. The zero-order valence-electron chi connectivity index (χ0n) is 13.3. The average molecular weight is 336 g/mol. The van der Waals surface area contributed by atoms with E-state index in [2.05, 4.69) is 16.8 Å². The number of sulfone groups is 1. The maximum atomic E-state index is 12.5. The van der Waals surface area contributed by atoms with E-state index in [-0.39, 0.29) is 16.7 Å². The van der Waals surface area contributed by atoms with E-state index in [0.29, 0.717) is 12.3 Å². The third-order valence-electron chi connectivity index (χ3n) is 5.03. The third kappa shape index (κ3) is 3.75. The van der Waals surface area contributed by atoms with Gasteiger partial charge in [0.15, 0.2) is 9.84 Å². The Morgan fingerprint density at radius 1 is 1.29 bits per heavy atom. The Hall–Kier alpha value is 0.180. The van der Waals surface area contributed by atoms with Crippen molar-refractivity contribution in [3.8, 4) is 0 Å². The second-order valence-electron chi connectivity index (χ2n) is 6.26. The van der Waals surface area contributed by atoms with Crippen molar-refractivity contribution in [3.05, 3.63) is 0 Å². The smallest absolute Gasteiger partial charge is 0.166 e. The van der Waals surface area contributed by atoms with E-state index in [0.717, 1.165) is 44.6 Å². The fourth-order valence-corrected chi connectivity index (χ4v) is 6.63. The van der Waals surface area contributed by atoms with E-state index in [1.54, 1.807) is 18.7 Å². The van der Waals surface area contributed by atoms with Gasteiger partial charge in [-0.2, -0.15) is 11.8 Å². The van der Waals surface area contributed by atoms with Crippen molar-refractivity contribution in [1.82, 2.24) is 9.80 Å². The fourth-order valence-electron chi connectivity index (χ4n) is 3.54. The first-order valence-electron chi connectivity index (χ1n) is 7.90. The Morgan fingerprint density at radius 2 is 2.05 bits per heavy atom. The van der Waals surface area contributed by atoms with E-state index in [1.807, 2.05) is 0 Å². The molecular formula is C14H29N3O2S2. The predicted octanol–water partition coefficient (Wildman–Crippen LogP) is 0.609. The highest BCUT2D eigenvalue weighted by Gasteiger charge is 2.45. The van der Waals surface area contributed by atoms with Crippen molar-refractivity contribution in [3.63, 3.8) is 0 Å². The van der Waals surface area contributed by atoms with Gasteiger partial charge in [0.25, 0.3) is 0 Å². The fraction of sp³-hybridized carbons (Fsp3) is 1.00. The van der Waals surface area contributed by atoms with Gasteiger partial charge in [-0.05, 0) is 39.4 Å². The maximum absolute atomic E-state index is 12.5. The topological polar surface area (TPSA) is 66.6 Å². The van der Waals surface area contributed by atoms with Crippen LogP contribution in [0.1, 0.15) is 26.2 Å². The summed E-state index contributed by atoms with van der Waals surface area (Å²) < 4.78 is 25.0. The molecule has 5 nitrogen and oxygen atoms in total. The molecule has 0 saturated carbocycles. The summed E-state index contributed by atoms with van der Waals surface area (Å²) >= 11 is 1.76. The molecule has 2 aliphatic heterocycles. The van der Waals surface area contributed by atoms with Crippen LogP contribution in [0.25, 0.3) is 0 Å². The standard InChI is InChI=1S/C14H29N3O2S2/c1-3-21(18,19)13-11-20-10-9-17(13)14(12-15)5-4-7-16(2)8-6-14/h13H,3-12,15H2,1-2H3. The van der Waals surface area contributed by atoms with Gasteiger partial charge in [0, 0.05) is 35.9 Å². The first-order chi connectivity index (χ1) is 9.95. The molecular weight excluding hydrogens is 306 g/mol. The third-order valence-corrected chi connectivity index (χ3v) is 8.32. The summed E-state index contributed by atoms with van der Waals surface area (Å²) in [6.07, 6.45) is 3.07. The largest absolute Gasteiger partial charge is 0.329 e. The lowest BCUT2D eigenvalue weighted by atomic mass is 9.88. The summed E-state index contributed by atoms with van der Waals surface area (Å²) in [6.45, 7) is 5.23. The number of rotatable bonds is 4. The van der Waals surface area contributed by atoms with Crippen LogP contribution in [0, 0.1) is 0 Å². The zero-order valence-corrected chi connectivity index (χ0v) is 14.9. The minimum Gasteiger partial charge on any atom is -0.329 e. The molecule has 124 valence electrons. The Balaban J connectivity index is 2.29. The van der Waals surface area contributed by atoms with E-state index < -0.39 is 9.84 Å². The molecule has 0 aliphatic carbocycles. The van der Waals surface area contributed by atoms with Crippen LogP contribution in [0.5, 0.6) is 0 Å². The van der Waals surface area contributed by atoms with Gasteiger partial charge in [-0.1, -0.05) is 6.92 Å². The highest BCUT2D eigenvalue weighted by molar-refractivity contribution is 8.01. The summed E-state index contributed by atoms with van der Waals surface area (Å²) in [4.78, 5) is 4.58. The lowest BCUT2D eigenvalue weighted by molar-refractivity contribution is 0.0744. The van der Waals surface area contributed by atoms with Gasteiger partial charge in [0.2, 0.25) is 0 Å². The molecule has 2 unspecified atom stereocenters. The predicted molar refractivity (Wildman–Crippen MR) is 90.4 cm³/mol. The van der Waals surface area contributed by atoms with Crippen LogP contribution in [-0.2, 0) is 9.84 Å². The van der Waals surface area contributed by atoms with Crippen LogP contribution in [0.15, 0.2) is 0 Å². The van der Waals surface area contributed by atoms with Gasteiger partial charge in [-0.3, -0.25) is 4.90 Å². The maximum Gasteiger partial charge on any atom is 0.166 e. The number of nitrogens with zero attached hydrogens (tertiary/aromatic N) is 2. The second-order valence-corrected chi connectivity index (χ2v) is 9.86. The Labute approximate surface area is 133 Å². The van der Waals surface area contributed by atoms with E-state index in [9.17, 15) is 8.42 Å². The molecule has 21 heavy (non-hydrogen) atoms. The summed E-state index contributed by atoms with van der Waals surface area (Å²) in [5.74, 6) is 1.91. The van der Waals surface area contributed by atoms with Crippen LogP contribution in [0.2, 0.25) is 0 Å². The van der Waals surface area contributed by atoms with Crippen LogP contribution < -0.4 is 5.73 Å². The highest BCUT2D eigenvalue weighted by Crippen LogP contribution is 2.35. The van der Waals surface area contributed by atoms with E-state index >= 15 is 0 Å². The Bertz CT molecular complexity index is 444. The minimum absolute atomic E-state index is 0.140. The average Bonchev–Trinajstić information content (AvgIpc) is 2.70. The molecule has 0 aromatic carbocycles. The SMILES string of the molecule is CCS(=O)(=O)C1CSCCN1C1(CN)CCCN(C)CC1. The van der Waals surface area contributed by atoms with Gasteiger partial charge in [0.05, 0.1) is 0 Å². The minimum atomic E-state index is -3.06. The number of hydrogen-bond acceptors (Lipinski definition) is 6. The quantitative estimate of drug-likeness (QED) is 0.812. The summed E-state index contributed by atoms with van der Waals surface area (Å²) in [5.41, 5.74) is 6.03. The van der Waals surface area contributed by atoms with Gasteiger partial charge in [0.1, 0.15) is 5.37 Å². The molecule has 7 heteroatoms. The second kappa shape index (κ2) is 7.17. The van der Waals surface area contributed by atoms with Crippen molar-refractivity contribution in [1.29, 1.82) is 0 Å². The van der Waals surface area contributed by atoms with Gasteiger partial charge in [-0.15, -0.1) is 0 Å². The molecule has 0 bridgehead atoms. The zero-order chi connectivity index (χ0) is 15.5. The molecule has 2 heterocycles. The molecule has 2 fully saturated rings. The summed E-state index contributed by atoms with van der Waals surface area (Å²) in [5, 5.41) is -0.354. The Kier molecular flexibility index (Phi) is 5.99. The normalized spacial score (nSPS) is 33.8. The van der Waals surface area contributed by atoms with Crippen molar-refractivity contribution >= 4 is 21.6 Å². The highest BCUT2D eigenvalue weighted by atomic mass is 32.2. The van der Waals surface area contributed by atoms with Crippen molar-refractivity contribution < 1.29 is 8.42 Å². The molecule has 2 saturated heterocycles. The van der Waals surface area contributed by atoms with Gasteiger partial charge in [-0.25, -0.2) is 8.42 Å². The lowest BCUT2D eigenvalue weighted by Gasteiger charge is -2.48. The Morgan fingerprint density at radius 3 is 2.71 bits per heavy atom. The molecule has 0 amide bonds. The lowest BCUT2D eigenvalue weighted by Crippen LogP contribution is -2.62. The van der Waals surface area contributed by atoms with Crippen LogP contribution in [-0.4, -0.2) is 79.6 Å². The summed E-state index contributed by atoms with van der Waals surface area (Å²) in [7, 11) is -0.920. The molecule has 0 spiro atoms. The van der Waals surface area contributed by atoms with E-state index in [4.69, 9.17) is 5.73 Å². The van der Waals surface area contributed by atoms with Crippen LogP contribution >= 0.6 is 11.8 Å². The monoisotopic (exact) mass is 335 g/mol. The molecule has 0 radical (unpaired) electrons. The first kappa shape index (κ1) is 17.5. The molecule has 2 rings (SSSR count). The van der Waals surface area contributed by atoms with Crippen LogP contribution in [0.3, 0.4) is 0 Å². The molecule has 2 atom stereocenters. The van der Waals surface area contributed by atoms with Gasteiger partial charge < -0.3 is 10.6 Å². The first-order valence-corrected chi connectivity index (χ1v) is 10.8. The van der Waals surface area contributed by atoms with Crippen molar-refractivity contribution in [2.45, 2.75) is 37.1 Å². The van der Waals surface area contributed by atoms with Crippen molar-refractivity contribution in [2.24, 2.45) is 5.73 Å². The van der Waals surface area contributed by atoms with Gasteiger partial charge >= 0.3 is 0 Å². The number of thioether (sulfide) groups is 1.